The Kier molecular flexibility index (Phi) is 4.36. The highest BCUT2D eigenvalue weighted by molar-refractivity contribution is 8.00. The molecule has 1 aromatic rings. The highest BCUT2D eigenvalue weighted by Gasteiger charge is 2.48. The fourth-order valence-electron chi connectivity index (χ4n) is 3.66. The Hall–Kier alpha value is -2.13. The first-order chi connectivity index (χ1) is 12.5. The fraction of sp³-hybridized carbons (Fsp3) is 0.471. The van der Waals surface area contributed by atoms with Crippen LogP contribution in [0.3, 0.4) is 0 Å². The van der Waals surface area contributed by atoms with Crippen LogP contribution >= 0.6 is 11.8 Å². The molecule has 4 rings (SSSR count). The SMILES string of the molecule is N/C=C\N(N)CC1CN(c2ccc(N3CC4(CSC4)C3)c(F)c2)C(=O)O1. The van der Waals surface area contributed by atoms with E-state index in [9.17, 15) is 9.18 Å². The smallest absolute Gasteiger partial charge is 0.414 e. The van der Waals surface area contributed by atoms with Gasteiger partial charge in [-0.2, -0.15) is 11.8 Å². The predicted octanol–water partition coefficient (Wildman–Crippen LogP) is 1.31. The summed E-state index contributed by atoms with van der Waals surface area (Å²) < 4.78 is 19.9. The maximum absolute atomic E-state index is 14.6. The normalized spacial score (nSPS) is 23.9. The van der Waals surface area contributed by atoms with Crippen molar-refractivity contribution in [3.05, 3.63) is 36.4 Å². The first-order valence-corrected chi connectivity index (χ1v) is 9.65. The molecule has 3 heterocycles. The molecule has 26 heavy (non-hydrogen) atoms. The van der Waals surface area contributed by atoms with Gasteiger partial charge in [0.25, 0.3) is 0 Å². The standard InChI is InChI=1S/C17H22FN5O2S/c18-14-5-12(1-2-15(14)21-8-17(9-21)10-26-11-17)23-7-13(25-16(23)24)6-22(20)4-3-19/h1-5,13H,6-11,19-20H2/b4-3-. The Morgan fingerprint density at radius 3 is 2.81 bits per heavy atom. The molecule has 0 aromatic heterocycles. The number of cyclic esters (lactones) is 1. The Balaban J connectivity index is 1.41. The van der Waals surface area contributed by atoms with Crippen molar-refractivity contribution < 1.29 is 13.9 Å². The molecule has 3 aliphatic heterocycles. The maximum atomic E-state index is 14.6. The topological polar surface area (TPSA) is 88.1 Å². The van der Waals surface area contributed by atoms with Gasteiger partial charge >= 0.3 is 6.09 Å². The number of nitrogens with zero attached hydrogens (tertiary/aromatic N) is 3. The molecule has 0 aliphatic carbocycles. The predicted molar refractivity (Wildman–Crippen MR) is 100 cm³/mol. The van der Waals surface area contributed by atoms with E-state index in [4.69, 9.17) is 16.3 Å². The lowest BCUT2D eigenvalue weighted by atomic mass is 9.82. The summed E-state index contributed by atoms with van der Waals surface area (Å²) in [6.45, 7) is 2.44. The number of hydrogen-bond acceptors (Lipinski definition) is 7. The summed E-state index contributed by atoms with van der Waals surface area (Å²) in [5.74, 6) is 7.74. The van der Waals surface area contributed by atoms with Gasteiger partial charge < -0.3 is 20.4 Å². The Bertz CT molecular complexity index is 734. The van der Waals surface area contributed by atoms with Gasteiger partial charge in [-0.25, -0.2) is 15.0 Å². The number of carbonyl (C=O) groups excluding carboxylic acids is 1. The first kappa shape index (κ1) is 17.3. The number of anilines is 2. The van der Waals surface area contributed by atoms with Crippen molar-refractivity contribution in [2.24, 2.45) is 17.0 Å². The number of halogens is 1. The number of hydrazine groups is 1. The fourth-order valence-corrected chi connectivity index (χ4v) is 4.81. The van der Waals surface area contributed by atoms with Gasteiger partial charge in [0.05, 0.1) is 24.5 Å². The van der Waals surface area contributed by atoms with Crippen LogP contribution in [0.1, 0.15) is 0 Å². The zero-order valence-electron chi connectivity index (χ0n) is 14.3. The number of nitrogens with two attached hydrogens (primary N) is 2. The van der Waals surface area contributed by atoms with Crippen molar-refractivity contribution in [1.29, 1.82) is 0 Å². The molecule has 0 saturated carbocycles. The van der Waals surface area contributed by atoms with Crippen LogP contribution in [0, 0.1) is 11.2 Å². The van der Waals surface area contributed by atoms with E-state index in [1.807, 2.05) is 11.8 Å². The van der Waals surface area contributed by atoms with Crippen molar-refractivity contribution in [2.75, 3.05) is 47.5 Å². The van der Waals surface area contributed by atoms with Gasteiger partial charge in [0.1, 0.15) is 11.9 Å². The van der Waals surface area contributed by atoms with E-state index in [1.54, 1.807) is 12.1 Å². The minimum absolute atomic E-state index is 0.310. The average Bonchev–Trinajstić information content (AvgIpc) is 2.86. The second-order valence-electron chi connectivity index (χ2n) is 7.14. The van der Waals surface area contributed by atoms with E-state index < -0.39 is 12.2 Å². The number of ether oxygens (including phenoxy) is 1. The van der Waals surface area contributed by atoms with Gasteiger partial charge in [0, 0.05) is 42.4 Å². The third kappa shape index (κ3) is 3.05. The zero-order chi connectivity index (χ0) is 18.3. The number of benzene rings is 1. The molecule has 9 heteroatoms. The van der Waals surface area contributed by atoms with Gasteiger partial charge in [-0.05, 0) is 18.2 Å². The van der Waals surface area contributed by atoms with E-state index in [0.29, 0.717) is 29.9 Å². The lowest BCUT2D eigenvalue weighted by Crippen LogP contribution is -2.63. The molecule has 3 saturated heterocycles. The van der Waals surface area contributed by atoms with E-state index >= 15 is 0 Å². The van der Waals surface area contributed by atoms with Crippen LogP contribution in [-0.4, -0.2) is 54.9 Å². The van der Waals surface area contributed by atoms with Crippen molar-refractivity contribution in [3.63, 3.8) is 0 Å². The molecule has 0 radical (unpaired) electrons. The van der Waals surface area contributed by atoms with Crippen LogP contribution < -0.4 is 21.4 Å². The highest BCUT2D eigenvalue weighted by Crippen LogP contribution is 2.47. The third-order valence-electron chi connectivity index (χ3n) is 5.02. The Morgan fingerprint density at radius 1 is 1.42 bits per heavy atom. The number of thioether (sulfide) groups is 1. The van der Waals surface area contributed by atoms with E-state index in [1.165, 1.54) is 39.9 Å². The van der Waals surface area contributed by atoms with E-state index in [2.05, 4.69) is 4.90 Å². The van der Waals surface area contributed by atoms with Crippen LogP contribution in [0.25, 0.3) is 0 Å². The molecule has 7 nitrogen and oxygen atoms in total. The average molecular weight is 379 g/mol. The summed E-state index contributed by atoms with van der Waals surface area (Å²) in [5, 5.41) is 1.35. The van der Waals surface area contributed by atoms with E-state index in [-0.39, 0.29) is 5.82 Å². The minimum Gasteiger partial charge on any atom is -0.442 e. The number of amides is 1. The van der Waals surface area contributed by atoms with Crippen LogP contribution in [0.4, 0.5) is 20.6 Å². The molecule has 1 spiro atoms. The van der Waals surface area contributed by atoms with Crippen LogP contribution in [0.5, 0.6) is 0 Å². The molecule has 4 N–H and O–H groups in total. The first-order valence-electron chi connectivity index (χ1n) is 8.50. The van der Waals surface area contributed by atoms with Gasteiger partial charge in [0.15, 0.2) is 0 Å². The summed E-state index contributed by atoms with van der Waals surface area (Å²) in [6, 6.07) is 4.92. The molecule has 1 atom stereocenters. The van der Waals surface area contributed by atoms with Crippen LogP contribution in [0.2, 0.25) is 0 Å². The van der Waals surface area contributed by atoms with Crippen molar-refractivity contribution >= 4 is 29.2 Å². The molecular formula is C17H22FN5O2S. The molecule has 1 aromatic carbocycles. The molecular weight excluding hydrogens is 357 g/mol. The lowest BCUT2D eigenvalue weighted by Gasteiger charge is -2.56. The summed E-state index contributed by atoms with van der Waals surface area (Å²) in [6.07, 6.45) is 1.90. The van der Waals surface area contributed by atoms with Crippen LogP contribution in [0.15, 0.2) is 30.6 Å². The summed E-state index contributed by atoms with van der Waals surface area (Å²) in [7, 11) is 0. The van der Waals surface area contributed by atoms with Gasteiger partial charge in [-0.3, -0.25) is 4.90 Å². The maximum Gasteiger partial charge on any atom is 0.414 e. The second-order valence-corrected chi connectivity index (χ2v) is 8.12. The van der Waals surface area contributed by atoms with Crippen molar-refractivity contribution in [1.82, 2.24) is 5.01 Å². The van der Waals surface area contributed by atoms with Crippen molar-refractivity contribution in [2.45, 2.75) is 6.10 Å². The molecule has 140 valence electrons. The monoisotopic (exact) mass is 379 g/mol. The largest absolute Gasteiger partial charge is 0.442 e. The second kappa shape index (κ2) is 6.55. The summed E-state index contributed by atoms with van der Waals surface area (Å²) in [5.41, 5.74) is 6.77. The summed E-state index contributed by atoms with van der Waals surface area (Å²) in [4.78, 5) is 15.6. The van der Waals surface area contributed by atoms with Crippen molar-refractivity contribution in [3.8, 4) is 0 Å². The van der Waals surface area contributed by atoms with Crippen LogP contribution in [-0.2, 0) is 4.74 Å². The molecule has 3 fully saturated rings. The van der Waals surface area contributed by atoms with E-state index in [0.717, 1.165) is 13.1 Å². The quantitative estimate of drug-likeness (QED) is 0.589. The lowest BCUT2D eigenvalue weighted by molar-refractivity contribution is 0.122. The number of carbonyl (C=O) groups is 1. The molecule has 1 unspecified atom stereocenters. The van der Waals surface area contributed by atoms with Gasteiger partial charge in [0.2, 0.25) is 0 Å². The third-order valence-corrected chi connectivity index (χ3v) is 6.65. The zero-order valence-corrected chi connectivity index (χ0v) is 15.1. The number of rotatable bonds is 5. The molecule has 3 aliphatic rings. The Labute approximate surface area is 155 Å². The molecule has 1 amide bonds. The summed E-state index contributed by atoms with van der Waals surface area (Å²) >= 11 is 1.95. The Morgan fingerprint density at radius 2 is 2.19 bits per heavy atom. The molecule has 0 bridgehead atoms. The number of hydrogen-bond donors (Lipinski definition) is 2. The van der Waals surface area contributed by atoms with Gasteiger partial charge in [-0.15, -0.1) is 0 Å². The minimum atomic E-state index is -0.498. The van der Waals surface area contributed by atoms with Gasteiger partial charge in [-0.1, -0.05) is 0 Å². The highest BCUT2D eigenvalue weighted by atomic mass is 32.2.